The Kier molecular flexibility index (Phi) is 5.03. The van der Waals surface area contributed by atoms with Crippen LogP contribution in [0, 0.1) is 11.8 Å². The smallest absolute Gasteiger partial charge is 0.307 e. The van der Waals surface area contributed by atoms with E-state index in [4.69, 9.17) is 4.74 Å². The second kappa shape index (κ2) is 6.67. The first kappa shape index (κ1) is 11.3. The maximum atomic E-state index is 11.2. The molecule has 0 aliphatic carbocycles. The Labute approximate surface area is 90.3 Å². The zero-order valence-corrected chi connectivity index (χ0v) is 8.82. The van der Waals surface area contributed by atoms with Crippen molar-refractivity contribution in [1.82, 2.24) is 0 Å². The lowest BCUT2D eigenvalue weighted by Gasteiger charge is -2.02. The molecule has 1 aromatic carbocycles. The van der Waals surface area contributed by atoms with Gasteiger partial charge in [-0.2, -0.15) is 0 Å². The van der Waals surface area contributed by atoms with Crippen molar-refractivity contribution < 1.29 is 9.53 Å². The number of carbonyl (C=O) groups excluding carboxylic acids is 1. The number of hydrogen-bond acceptors (Lipinski definition) is 2. The maximum Gasteiger partial charge on any atom is 0.307 e. The van der Waals surface area contributed by atoms with Crippen LogP contribution in [0.15, 0.2) is 30.3 Å². The van der Waals surface area contributed by atoms with E-state index in [0.29, 0.717) is 19.4 Å². The third kappa shape index (κ3) is 4.87. The normalized spacial score (nSPS) is 8.87. The Hall–Kier alpha value is -1.75. The van der Waals surface area contributed by atoms with Gasteiger partial charge in [0.2, 0.25) is 0 Å². The molecule has 0 heterocycles. The van der Waals surface area contributed by atoms with Gasteiger partial charge in [-0.05, 0) is 12.5 Å². The number of carbonyl (C=O) groups is 1. The van der Waals surface area contributed by atoms with Crippen molar-refractivity contribution in [2.75, 3.05) is 0 Å². The van der Waals surface area contributed by atoms with Gasteiger partial charge in [0, 0.05) is 6.42 Å². The standard InChI is InChI=1S/C13H14O2/c1-2-3-5-10-13(14)15-11-12-8-6-4-7-9-12/h4,6-9H,5,10-11H2,1H3. The second-order valence-electron chi connectivity index (χ2n) is 3.07. The topological polar surface area (TPSA) is 26.3 Å². The van der Waals surface area contributed by atoms with Gasteiger partial charge in [-0.25, -0.2) is 0 Å². The lowest BCUT2D eigenvalue weighted by Crippen LogP contribution is -2.03. The average molecular weight is 202 g/mol. The van der Waals surface area contributed by atoms with Crippen molar-refractivity contribution in [3.05, 3.63) is 35.9 Å². The van der Waals surface area contributed by atoms with Gasteiger partial charge in [-0.3, -0.25) is 4.79 Å². The Morgan fingerprint density at radius 2 is 2.07 bits per heavy atom. The monoisotopic (exact) mass is 202 g/mol. The summed E-state index contributed by atoms with van der Waals surface area (Å²) in [5.74, 6) is 5.37. The summed E-state index contributed by atoms with van der Waals surface area (Å²) in [6.45, 7) is 2.11. The molecular formula is C13H14O2. The predicted molar refractivity (Wildman–Crippen MR) is 58.9 cm³/mol. The fourth-order valence-corrected chi connectivity index (χ4v) is 1.10. The molecule has 2 heteroatoms. The van der Waals surface area contributed by atoms with E-state index in [9.17, 15) is 4.79 Å². The first-order chi connectivity index (χ1) is 7.33. The van der Waals surface area contributed by atoms with Crippen molar-refractivity contribution in [3.63, 3.8) is 0 Å². The molecule has 1 aromatic rings. The summed E-state index contributed by atoms with van der Waals surface area (Å²) in [6, 6.07) is 9.64. The molecule has 0 saturated heterocycles. The van der Waals surface area contributed by atoms with Crippen LogP contribution in [-0.4, -0.2) is 5.97 Å². The molecule has 2 nitrogen and oxygen atoms in total. The fourth-order valence-electron chi connectivity index (χ4n) is 1.10. The van der Waals surface area contributed by atoms with E-state index >= 15 is 0 Å². The summed E-state index contributed by atoms with van der Waals surface area (Å²) in [7, 11) is 0. The van der Waals surface area contributed by atoms with E-state index in [0.717, 1.165) is 5.56 Å². The first-order valence-electron chi connectivity index (χ1n) is 4.92. The highest BCUT2D eigenvalue weighted by molar-refractivity contribution is 5.69. The number of benzene rings is 1. The van der Waals surface area contributed by atoms with Crippen molar-refractivity contribution in [3.8, 4) is 11.8 Å². The molecule has 1 rings (SSSR count). The highest BCUT2D eigenvalue weighted by Gasteiger charge is 2.01. The third-order valence-corrected chi connectivity index (χ3v) is 1.87. The summed E-state index contributed by atoms with van der Waals surface area (Å²) in [6.07, 6.45) is 0.942. The molecule has 0 aliphatic rings. The van der Waals surface area contributed by atoms with E-state index in [2.05, 4.69) is 11.8 Å². The largest absolute Gasteiger partial charge is 0.461 e. The van der Waals surface area contributed by atoms with E-state index in [1.807, 2.05) is 30.3 Å². The van der Waals surface area contributed by atoms with Gasteiger partial charge >= 0.3 is 5.97 Å². The summed E-state index contributed by atoms with van der Waals surface area (Å²) >= 11 is 0. The van der Waals surface area contributed by atoms with Gasteiger partial charge in [-0.15, -0.1) is 11.8 Å². The van der Waals surface area contributed by atoms with Crippen molar-refractivity contribution in [2.24, 2.45) is 0 Å². The van der Waals surface area contributed by atoms with Crippen LogP contribution in [0.2, 0.25) is 0 Å². The first-order valence-corrected chi connectivity index (χ1v) is 4.92. The Balaban J connectivity index is 2.24. The van der Waals surface area contributed by atoms with Crippen LogP contribution in [-0.2, 0) is 16.1 Å². The Morgan fingerprint density at radius 1 is 1.33 bits per heavy atom. The zero-order chi connectivity index (χ0) is 10.9. The highest BCUT2D eigenvalue weighted by atomic mass is 16.5. The van der Waals surface area contributed by atoms with Gasteiger partial charge in [0.25, 0.3) is 0 Å². The van der Waals surface area contributed by atoms with Gasteiger partial charge < -0.3 is 4.74 Å². The highest BCUT2D eigenvalue weighted by Crippen LogP contribution is 2.02. The molecule has 0 aromatic heterocycles. The maximum absolute atomic E-state index is 11.2. The minimum atomic E-state index is -0.193. The van der Waals surface area contributed by atoms with E-state index in [1.165, 1.54) is 0 Å². The molecule has 0 saturated carbocycles. The average Bonchev–Trinajstić information content (AvgIpc) is 2.28. The second-order valence-corrected chi connectivity index (χ2v) is 3.07. The molecule has 15 heavy (non-hydrogen) atoms. The summed E-state index contributed by atoms with van der Waals surface area (Å²) < 4.78 is 5.07. The number of rotatable bonds is 4. The third-order valence-electron chi connectivity index (χ3n) is 1.87. The van der Waals surface area contributed by atoms with E-state index in [1.54, 1.807) is 6.92 Å². The Bertz CT molecular complexity index is 357. The minimum Gasteiger partial charge on any atom is -0.461 e. The van der Waals surface area contributed by atoms with Crippen LogP contribution in [0.4, 0.5) is 0 Å². The van der Waals surface area contributed by atoms with Crippen LogP contribution >= 0.6 is 0 Å². The number of hydrogen-bond donors (Lipinski definition) is 0. The summed E-state index contributed by atoms with van der Waals surface area (Å²) in [5, 5.41) is 0. The van der Waals surface area contributed by atoms with Gasteiger partial charge in [0.05, 0.1) is 6.42 Å². The molecule has 0 radical (unpaired) electrons. The van der Waals surface area contributed by atoms with E-state index < -0.39 is 0 Å². The van der Waals surface area contributed by atoms with Crippen LogP contribution < -0.4 is 0 Å². The summed E-state index contributed by atoms with van der Waals surface area (Å²) in [5.41, 5.74) is 1.01. The molecule has 0 aliphatic heterocycles. The fraction of sp³-hybridized carbons (Fsp3) is 0.308. The van der Waals surface area contributed by atoms with Gasteiger partial charge in [0.15, 0.2) is 0 Å². The van der Waals surface area contributed by atoms with Crippen LogP contribution in [0.3, 0.4) is 0 Å². The number of ether oxygens (including phenoxy) is 1. The van der Waals surface area contributed by atoms with Gasteiger partial charge in [-0.1, -0.05) is 30.3 Å². The molecule has 0 amide bonds. The predicted octanol–water partition coefficient (Wildman–Crippen LogP) is 2.53. The number of esters is 1. The molecule has 0 atom stereocenters. The van der Waals surface area contributed by atoms with Crippen molar-refractivity contribution in [1.29, 1.82) is 0 Å². The van der Waals surface area contributed by atoms with Crippen LogP contribution in [0.5, 0.6) is 0 Å². The SMILES string of the molecule is CC#CCCC(=O)OCc1ccccc1. The van der Waals surface area contributed by atoms with Crippen LogP contribution in [0.25, 0.3) is 0 Å². The molecule has 0 fully saturated rings. The van der Waals surface area contributed by atoms with Gasteiger partial charge in [0.1, 0.15) is 6.61 Å². The van der Waals surface area contributed by atoms with Crippen LogP contribution in [0.1, 0.15) is 25.3 Å². The lowest BCUT2D eigenvalue weighted by molar-refractivity contribution is -0.144. The molecule has 78 valence electrons. The quantitative estimate of drug-likeness (QED) is 0.554. The molecule has 0 bridgehead atoms. The van der Waals surface area contributed by atoms with E-state index in [-0.39, 0.29) is 5.97 Å². The molecule has 0 spiro atoms. The Morgan fingerprint density at radius 3 is 2.73 bits per heavy atom. The summed E-state index contributed by atoms with van der Waals surface area (Å²) in [4.78, 5) is 11.2. The van der Waals surface area contributed by atoms with Crippen molar-refractivity contribution in [2.45, 2.75) is 26.4 Å². The minimum absolute atomic E-state index is 0.193. The molecule has 0 N–H and O–H groups in total. The molecule has 0 unspecified atom stereocenters. The zero-order valence-electron chi connectivity index (χ0n) is 8.82. The molecular weight excluding hydrogens is 188 g/mol. The van der Waals surface area contributed by atoms with Crippen molar-refractivity contribution >= 4 is 5.97 Å². The lowest BCUT2D eigenvalue weighted by atomic mass is 10.2.